The Labute approximate surface area is 101 Å². The number of hydrogen-bond acceptors (Lipinski definition) is 3. The van der Waals surface area contributed by atoms with E-state index >= 15 is 0 Å². The molecule has 0 aliphatic carbocycles. The Morgan fingerprint density at radius 2 is 2.50 bits per heavy atom. The molecule has 0 bridgehead atoms. The molecule has 1 aliphatic rings. The highest BCUT2D eigenvalue weighted by molar-refractivity contribution is 9.10. The van der Waals surface area contributed by atoms with E-state index < -0.39 is 0 Å². The zero-order valence-electron chi connectivity index (χ0n) is 7.50. The topological polar surface area (TPSA) is 21.3 Å². The van der Waals surface area contributed by atoms with Crippen molar-refractivity contribution in [2.75, 3.05) is 13.2 Å². The van der Waals surface area contributed by atoms with E-state index in [2.05, 4.69) is 32.7 Å². The Morgan fingerprint density at radius 1 is 1.64 bits per heavy atom. The zero-order valence-corrected chi connectivity index (χ0v) is 10.7. The number of alkyl halides is 1. The van der Waals surface area contributed by atoms with Gasteiger partial charge >= 0.3 is 0 Å². The van der Waals surface area contributed by atoms with E-state index in [0.717, 1.165) is 17.6 Å². The lowest BCUT2D eigenvalue weighted by atomic mass is 10.2. The van der Waals surface area contributed by atoms with Gasteiger partial charge in [0.15, 0.2) is 0 Å². The van der Waals surface area contributed by atoms with Crippen LogP contribution in [0.3, 0.4) is 0 Å². The number of ether oxygens (including phenoxy) is 1. The summed E-state index contributed by atoms with van der Waals surface area (Å²) in [6, 6.07) is 2.41. The summed E-state index contributed by atoms with van der Waals surface area (Å²) in [5, 5.41) is 5.59. The van der Waals surface area contributed by atoms with Gasteiger partial charge in [-0.25, -0.2) is 0 Å². The number of halogens is 2. The summed E-state index contributed by atoms with van der Waals surface area (Å²) in [6.45, 7) is 2.25. The van der Waals surface area contributed by atoms with Crippen LogP contribution in [-0.2, 0) is 11.3 Å². The van der Waals surface area contributed by atoms with Crippen LogP contribution < -0.4 is 5.32 Å². The molecule has 5 heteroatoms. The van der Waals surface area contributed by atoms with Crippen molar-refractivity contribution in [1.82, 2.24) is 5.32 Å². The molecule has 78 valence electrons. The van der Waals surface area contributed by atoms with Crippen molar-refractivity contribution in [2.45, 2.75) is 18.0 Å². The molecule has 0 amide bonds. The van der Waals surface area contributed by atoms with Crippen LogP contribution in [0.15, 0.2) is 15.9 Å². The first kappa shape index (κ1) is 10.9. The monoisotopic (exact) mass is 295 g/mol. The van der Waals surface area contributed by atoms with Crippen LogP contribution in [-0.4, -0.2) is 24.6 Å². The molecule has 1 N–H and O–H groups in total. The minimum atomic E-state index is 0.110. The van der Waals surface area contributed by atoms with E-state index in [1.54, 1.807) is 11.3 Å². The van der Waals surface area contributed by atoms with Crippen molar-refractivity contribution in [1.29, 1.82) is 0 Å². The third-order valence-electron chi connectivity index (χ3n) is 2.17. The van der Waals surface area contributed by atoms with Crippen LogP contribution in [0.1, 0.15) is 4.88 Å². The second-order valence-electron chi connectivity index (χ2n) is 3.27. The highest BCUT2D eigenvalue weighted by Gasteiger charge is 2.25. The Morgan fingerprint density at radius 3 is 3.07 bits per heavy atom. The minimum Gasteiger partial charge on any atom is -0.378 e. The Bertz CT molecular complexity index is 307. The van der Waals surface area contributed by atoms with Crippen molar-refractivity contribution in [3.05, 3.63) is 20.8 Å². The fourth-order valence-electron chi connectivity index (χ4n) is 1.39. The van der Waals surface area contributed by atoms with Gasteiger partial charge in [0.25, 0.3) is 0 Å². The Hall–Kier alpha value is 0.390. The van der Waals surface area contributed by atoms with E-state index in [9.17, 15) is 0 Å². The maximum atomic E-state index is 6.06. The molecule has 1 aromatic rings. The summed E-state index contributed by atoms with van der Waals surface area (Å²) < 4.78 is 6.41. The number of thiophene rings is 1. The standard InChI is InChI=1S/C9H11BrClNOS/c10-6-1-7(14-5-6)2-12-9-4-13-3-8(9)11/h1,5,8-9,12H,2-4H2. The van der Waals surface area contributed by atoms with Gasteiger partial charge in [-0.15, -0.1) is 22.9 Å². The fraction of sp³-hybridized carbons (Fsp3) is 0.556. The maximum Gasteiger partial charge on any atom is 0.0745 e. The summed E-state index contributed by atoms with van der Waals surface area (Å²) in [6.07, 6.45) is 0. The van der Waals surface area contributed by atoms with E-state index in [4.69, 9.17) is 16.3 Å². The lowest BCUT2D eigenvalue weighted by molar-refractivity contribution is 0.190. The lowest BCUT2D eigenvalue weighted by Crippen LogP contribution is -2.35. The third kappa shape index (κ3) is 2.70. The van der Waals surface area contributed by atoms with E-state index in [-0.39, 0.29) is 11.4 Å². The number of nitrogens with one attached hydrogen (secondary N) is 1. The Kier molecular flexibility index (Phi) is 3.85. The third-order valence-corrected chi connectivity index (χ3v) is 4.30. The maximum absolute atomic E-state index is 6.06. The quantitative estimate of drug-likeness (QED) is 0.866. The second-order valence-corrected chi connectivity index (χ2v) is 5.74. The van der Waals surface area contributed by atoms with Crippen LogP contribution >= 0.6 is 38.9 Å². The first-order chi connectivity index (χ1) is 6.75. The number of hydrogen-bond donors (Lipinski definition) is 1. The Balaban J connectivity index is 1.82. The van der Waals surface area contributed by atoms with Crippen LogP contribution in [0.2, 0.25) is 0 Å². The molecule has 2 heterocycles. The van der Waals surface area contributed by atoms with Crippen molar-refractivity contribution < 1.29 is 4.74 Å². The smallest absolute Gasteiger partial charge is 0.0745 e. The lowest BCUT2D eigenvalue weighted by Gasteiger charge is -2.12. The van der Waals surface area contributed by atoms with Gasteiger partial charge in [-0.2, -0.15) is 0 Å². The summed E-state index contributed by atoms with van der Waals surface area (Å²) in [5.74, 6) is 0. The molecule has 1 saturated heterocycles. The van der Waals surface area contributed by atoms with Crippen molar-refractivity contribution in [3.8, 4) is 0 Å². The summed E-state index contributed by atoms with van der Waals surface area (Å²) in [5.41, 5.74) is 0. The molecule has 0 aromatic carbocycles. The predicted octanol–water partition coefficient (Wildman–Crippen LogP) is 2.61. The normalized spacial score (nSPS) is 27.0. The molecule has 0 radical (unpaired) electrons. The van der Waals surface area contributed by atoms with Crippen molar-refractivity contribution >= 4 is 38.9 Å². The SMILES string of the molecule is ClC1COCC1NCc1cc(Br)cs1. The van der Waals surface area contributed by atoms with Crippen LogP contribution in [0, 0.1) is 0 Å². The van der Waals surface area contributed by atoms with Gasteiger partial charge in [0.2, 0.25) is 0 Å². The zero-order chi connectivity index (χ0) is 9.97. The molecular formula is C9H11BrClNOS. The van der Waals surface area contributed by atoms with Gasteiger partial charge < -0.3 is 10.1 Å². The fourth-order valence-corrected chi connectivity index (χ4v) is 3.05. The van der Waals surface area contributed by atoms with Gasteiger partial charge in [-0.3, -0.25) is 0 Å². The molecule has 2 atom stereocenters. The van der Waals surface area contributed by atoms with Gasteiger partial charge in [-0.05, 0) is 22.0 Å². The molecule has 2 rings (SSSR count). The van der Waals surface area contributed by atoms with Gasteiger partial charge in [-0.1, -0.05) is 0 Å². The summed E-state index contributed by atoms with van der Waals surface area (Å²) >= 11 is 11.2. The molecule has 14 heavy (non-hydrogen) atoms. The highest BCUT2D eigenvalue weighted by Crippen LogP contribution is 2.20. The number of rotatable bonds is 3. The molecule has 0 spiro atoms. The van der Waals surface area contributed by atoms with Gasteiger partial charge in [0, 0.05) is 27.3 Å². The van der Waals surface area contributed by atoms with Crippen LogP contribution in [0.25, 0.3) is 0 Å². The minimum absolute atomic E-state index is 0.110. The van der Waals surface area contributed by atoms with E-state index in [1.807, 2.05) is 0 Å². The molecular weight excluding hydrogens is 286 g/mol. The average molecular weight is 297 g/mol. The van der Waals surface area contributed by atoms with Crippen molar-refractivity contribution in [2.24, 2.45) is 0 Å². The molecule has 2 nitrogen and oxygen atoms in total. The van der Waals surface area contributed by atoms with Crippen LogP contribution in [0.4, 0.5) is 0 Å². The molecule has 1 aliphatic heterocycles. The highest BCUT2D eigenvalue weighted by atomic mass is 79.9. The van der Waals surface area contributed by atoms with Crippen LogP contribution in [0.5, 0.6) is 0 Å². The summed E-state index contributed by atoms with van der Waals surface area (Å²) in [4.78, 5) is 1.31. The molecule has 0 saturated carbocycles. The van der Waals surface area contributed by atoms with Gasteiger partial charge in [0.05, 0.1) is 18.6 Å². The van der Waals surface area contributed by atoms with E-state index in [0.29, 0.717) is 6.61 Å². The first-order valence-corrected chi connectivity index (χ1v) is 6.55. The van der Waals surface area contributed by atoms with Crippen molar-refractivity contribution in [3.63, 3.8) is 0 Å². The van der Waals surface area contributed by atoms with E-state index in [1.165, 1.54) is 4.88 Å². The molecule has 2 unspecified atom stereocenters. The molecule has 1 aromatic heterocycles. The first-order valence-electron chi connectivity index (χ1n) is 4.44. The second kappa shape index (κ2) is 4.94. The average Bonchev–Trinajstić information content (AvgIpc) is 2.72. The van der Waals surface area contributed by atoms with Gasteiger partial charge in [0.1, 0.15) is 0 Å². The largest absolute Gasteiger partial charge is 0.378 e. The predicted molar refractivity (Wildman–Crippen MR) is 63.1 cm³/mol. The summed E-state index contributed by atoms with van der Waals surface area (Å²) in [7, 11) is 0. The molecule has 1 fully saturated rings.